The summed E-state index contributed by atoms with van der Waals surface area (Å²) < 4.78 is 0. The first-order chi connectivity index (χ1) is 7.84. The Bertz CT molecular complexity index is 198. The van der Waals surface area contributed by atoms with Gasteiger partial charge in [-0.25, -0.2) is 0 Å². The van der Waals surface area contributed by atoms with E-state index in [0.29, 0.717) is 12.1 Å². The molecular formula is C12H24N3P. The lowest BCUT2D eigenvalue weighted by atomic mass is 9.96. The van der Waals surface area contributed by atoms with E-state index < -0.39 is 8.01 Å². The van der Waals surface area contributed by atoms with E-state index in [2.05, 4.69) is 10.2 Å². The summed E-state index contributed by atoms with van der Waals surface area (Å²) in [5.41, 5.74) is 0. The van der Waals surface area contributed by atoms with E-state index in [1.165, 1.54) is 64.2 Å². The van der Waals surface area contributed by atoms with Crippen LogP contribution in [0.2, 0.25) is 0 Å². The predicted octanol–water partition coefficient (Wildman–Crippen LogP) is 3.90. The lowest BCUT2D eigenvalue weighted by Gasteiger charge is -2.23. The van der Waals surface area contributed by atoms with E-state index in [1.807, 2.05) is 0 Å². The van der Waals surface area contributed by atoms with Crippen LogP contribution in [0.4, 0.5) is 0 Å². The Hall–Kier alpha value is 0.0200. The zero-order valence-corrected chi connectivity index (χ0v) is 11.0. The summed E-state index contributed by atoms with van der Waals surface area (Å²) in [5, 5.41) is 16.7. The van der Waals surface area contributed by atoms with Crippen LogP contribution in [0.3, 0.4) is 0 Å². The maximum Gasteiger partial charge on any atom is 0.174 e. The van der Waals surface area contributed by atoms with E-state index in [0.717, 1.165) is 0 Å². The van der Waals surface area contributed by atoms with Crippen molar-refractivity contribution in [3.63, 3.8) is 0 Å². The molecule has 0 amide bonds. The van der Waals surface area contributed by atoms with Crippen molar-refractivity contribution in [3.05, 3.63) is 5.16 Å². The molecule has 2 N–H and O–H groups in total. The summed E-state index contributed by atoms with van der Waals surface area (Å²) in [7, 11) is -1.13. The third kappa shape index (κ3) is 4.12. The molecule has 2 fully saturated rings. The molecular weight excluding hydrogens is 217 g/mol. The Morgan fingerprint density at radius 2 is 1.06 bits per heavy atom. The van der Waals surface area contributed by atoms with Gasteiger partial charge in [0.05, 0.1) is 0 Å². The molecule has 0 aliphatic heterocycles. The average Bonchev–Trinajstić information content (AvgIpc) is 2.31. The van der Waals surface area contributed by atoms with E-state index in [1.54, 1.807) is 0 Å². The monoisotopic (exact) mass is 241 g/mol. The molecule has 0 radical (unpaired) electrons. The first-order valence-electron chi connectivity index (χ1n) is 6.86. The summed E-state index contributed by atoms with van der Waals surface area (Å²) in [6, 6.07) is 1.11. The van der Waals surface area contributed by atoms with Gasteiger partial charge in [-0.2, -0.15) is 0 Å². The van der Waals surface area contributed by atoms with Gasteiger partial charge < -0.3 is 5.16 Å². The Kier molecular flexibility index (Phi) is 5.21. The molecule has 0 unspecified atom stereocenters. The summed E-state index contributed by atoms with van der Waals surface area (Å²) in [5.74, 6) is 0. The highest BCUT2D eigenvalue weighted by molar-refractivity contribution is 7.44. The predicted molar refractivity (Wildman–Crippen MR) is 70.3 cm³/mol. The number of rotatable bonds is 4. The fourth-order valence-corrected chi connectivity index (χ4v) is 4.13. The molecule has 0 aromatic carbocycles. The van der Waals surface area contributed by atoms with Crippen LogP contribution in [0.5, 0.6) is 0 Å². The van der Waals surface area contributed by atoms with Crippen molar-refractivity contribution in [1.82, 2.24) is 10.2 Å². The quantitative estimate of drug-likeness (QED) is 0.733. The van der Waals surface area contributed by atoms with Crippen LogP contribution in [0.15, 0.2) is 0 Å². The van der Waals surface area contributed by atoms with Crippen LogP contribution < -0.4 is 10.2 Å². The number of hydrogen-bond donors (Lipinski definition) is 2. The second-order valence-corrected chi connectivity index (χ2v) is 6.38. The van der Waals surface area contributed by atoms with Gasteiger partial charge in [0.25, 0.3) is 0 Å². The van der Waals surface area contributed by atoms with Crippen LogP contribution in [0.1, 0.15) is 64.2 Å². The van der Waals surface area contributed by atoms with E-state index >= 15 is 0 Å². The van der Waals surface area contributed by atoms with Crippen LogP contribution in [-0.4, -0.2) is 12.1 Å². The van der Waals surface area contributed by atoms with Gasteiger partial charge in [0.2, 0.25) is 0 Å². The molecule has 0 aromatic heterocycles. The van der Waals surface area contributed by atoms with Crippen LogP contribution in [-0.2, 0) is 0 Å². The van der Waals surface area contributed by atoms with Crippen molar-refractivity contribution in [2.24, 2.45) is 0 Å². The molecule has 0 atom stereocenters. The number of nitrogens with zero attached hydrogens (tertiary/aromatic N) is 1. The number of nitrogens with one attached hydrogen (secondary N) is 2. The van der Waals surface area contributed by atoms with Crippen molar-refractivity contribution in [2.45, 2.75) is 76.3 Å². The molecule has 2 aliphatic carbocycles. The standard InChI is InChI=1S/C12H24N3P/c13-16(14-11-7-3-1-4-8-11)15-12-9-5-2-6-10-12/h11-12,14-15H,1-10H2. The van der Waals surface area contributed by atoms with Gasteiger partial charge in [0, 0.05) is 12.1 Å². The summed E-state index contributed by atoms with van der Waals surface area (Å²) in [6.45, 7) is 0. The third-order valence-corrected chi connectivity index (χ3v) is 5.04. The molecule has 4 heteroatoms. The minimum atomic E-state index is -1.13. The maximum atomic E-state index is 10.00. The van der Waals surface area contributed by atoms with Gasteiger partial charge in [-0.3, -0.25) is 0 Å². The second kappa shape index (κ2) is 6.68. The minimum absolute atomic E-state index is 0.556. The summed E-state index contributed by atoms with van der Waals surface area (Å²) in [6.07, 6.45) is 13.0. The van der Waals surface area contributed by atoms with E-state index in [9.17, 15) is 5.16 Å². The average molecular weight is 241 g/mol. The molecule has 2 rings (SSSR count). The Morgan fingerprint density at radius 1 is 0.688 bits per heavy atom. The van der Waals surface area contributed by atoms with Gasteiger partial charge in [-0.1, -0.05) is 38.5 Å². The molecule has 3 nitrogen and oxygen atoms in total. The molecule has 2 aliphatic rings. The Balaban J connectivity index is 1.66. The van der Waals surface area contributed by atoms with Crippen molar-refractivity contribution in [2.75, 3.05) is 0 Å². The zero-order valence-electron chi connectivity index (χ0n) is 10.1. The summed E-state index contributed by atoms with van der Waals surface area (Å²) >= 11 is 0. The van der Waals surface area contributed by atoms with Gasteiger partial charge in [-0.05, 0) is 25.7 Å². The lowest BCUT2D eigenvalue weighted by molar-refractivity contribution is 0.407. The van der Waals surface area contributed by atoms with Crippen molar-refractivity contribution < 1.29 is 0 Å². The first-order valence-corrected chi connectivity index (χ1v) is 8.15. The highest BCUT2D eigenvalue weighted by Crippen LogP contribution is 2.26. The fraction of sp³-hybridized carbons (Fsp3) is 1.00. The topological polar surface area (TPSA) is 46.4 Å². The molecule has 0 bridgehead atoms. The van der Waals surface area contributed by atoms with E-state index in [4.69, 9.17) is 0 Å². The van der Waals surface area contributed by atoms with Gasteiger partial charge >= 0.3 is 0 Å². The minimum Gasteiger partial charge on any atom is -0.550 e. The molecule has 0 saturated heterocycles. The molecule has 92 valence electrons. The highest BCUT2D eigenvalue weighted by atomic mass is 31.1. The van der Waals surface area contributed by atoms with E-state index in [-0.39, 0.29) is 0 Å². The molecule has 0 aromatic rings. The zero-order chi connectivity index (χ0) is 11.2. The normalized spacial score (nSPS) is 24.5. The third-order valence-electron chi connectivity index (χ3n) is 3.82. The second-order valence-electron chi connectivity index (χ2n) is 5.24. The van der Waals surface area contributed by atoms with Gasteiger partial charge in [0.15, 0.2) is 8.01 Å². The van der Waals surface area contributed by atoms with Gasteiger partial charge in [-0.15, -0.1) is 10.2 Å². The number of hydrogen-bond acceptors (Lipinski definition) is 0. The molecule has 2 saturated carbocycles. The van der Waals surface area contributed by atoms with Crippen molar-refractivity contribution in [1.29, 1.82) is 0 Å². The molecule has 16 heavy (non-hydrogen) atoms. The van der Waals surface area contributed by atoms with Crippen LogP contribution in [0, 0.1) is 0 Å². The molecule has 0 heterocycles. The van der Waals surface area contributed by atoms with Crippen LogP contribution >= 0.6 is 8.01 Å². The fourth-order valence-electron chi connectivity index (χ4n) is 2.85. The Labute approximate surface area is 100 Å². The van der Waals surface area contributed by atoms with Crippen LogP contribution in [0.25, 0.3) is 5.16 Å². The van der Waals surface area contributed by atoms with Crippen molar-refractivity contribution >= 4 is 8.01 Å². The molecule has 0 spiro atoms. The highest BCUT2D eigenvalue weighted by Gasteiger charge is 2.21. The van der Waals surface area contributed by atoms with Gasteiger partial charge in [0.1, 0.15) is 0 Å². The summed E-state index contributed by atoms with van der Waals surface area (Å²) in [4.78, 5) is 0. The smallest absolute Gasteiger partial charge is 0.174 e. The SMILES string of the molecule is [N-]=[P+](NC1CCCCC1)NC1CCCCC1. The maximum absolute atomic E-state index is 10.00. The first kappa shape index (κ1) is 12.5. The largest absolute Gasteiger partial charge is 0.550 e. The van der Waals surface area contributed by atoms with Crippen molar-refractivity contribution in [3.8, 4) is 0 Å². The Morgan fingerprint density at radius 3 is 1.44 bits per heavy atom. The lowest BCUT2D eigenvalue weighted by Crippen LogP contribution is -2.33.